The van der Waals surface area contributed by atoms with Gasteiger partial charge in [0.2, 0.25) is 0 Å². The molecular formula is C24H33IN4O4. The Bertz CT molecular complexity index is 988. The van der Waals surface area contributed by atoms with E-state index in [0.717, 1.165) is 38.4 Å². The first-order valence-electron chi connectivity index (χ1n) is 11.1. The number of halogens is 1. The van der Waals surface area contributed by atoms with Crippen LogP contribution in [0.15, 0.2) is 24.4 Å². The Kier molecular flexibility index (Phi) is 7.40. The summed E-state index contributed by atoms with van der Waals surface area (Å²) in [4.78, 5) is 31.1. The topological polar surface area (TPSA) is 86.6 Å². The van der Waals surface area contributed by atoms with Gasteiger partial charge in [-0.15, -0.1) is 0 Å². The van der Waals surface area contributed by atoms with Gasteiger partial charge in [-0.3, -0.25) is 9.67 Å². The van der Waals surface area contributed by atoms with Gasteiger partial charge in [0.1, 0.15) is 16.9 Å². The zero-order valence-electron chi connectivity index (χ0n) is 20.4. The summed E-state index contributed by atoms with van der Waals surface area (Å²) in [6, 6.07) is 6.12. The zero-order valence-corrected chi connectivity index (χ0v) is 22.5. The van der Waals surface area contributed by atoms with Gasteiger partial charge in [-0.2, -0.15) is 5.10 Å². The van der Waals surface area contributed by atoms with Crippen molar-refractivity contribution in [3.63, 3.8) is 0 Å². The molecule has 0 unspecified atom stereocenters. The number of aromatic nitrogens is 3. The Hall–Kier alpha value is -2.17. The summed E-state index contributed by atoms with van der Waals surface area (Å²) in [6.07, 6.45) is 2.28. The summed E-state index contributed by atoms with van der Waals surface area (Å²) in [5, 5.41) is 4.77. The number of carbonyl (C=O) groups excluding carboxylic acids is 2. The van der Waals surface area contributed by atoms with Crippen LogP contribution in [-0.2, 0) is 9.47 Å². The van der Waals surface area contributed by atoms with Crippen molar-refractivity contribution in [3.05, 3.63) is 33.7 Å². The number of amides is 2. The van der Waals surface area contributed by atoms with Gasteiger partial charge in [-0.05, 0) is 102 Å². The van der Waals surface area contributed by atoms with Crippen LogP contribution in [0, 0.1) is 16.4 Å². The molecule has 1 fully saturated rings. The van der Waals surface area contributed by atoms with E-state index < -0.39 is 23.4 Å². The van der Waals surface area contributed by atoms with Gasteiger partial charge in [-0.1, -0.05) is 6.07 Å². The van der Waals surface area contributed by atoms with E-state index in [-0.39, 0.29) is 18.5 Å². The van der Waals surface area contributed by atoms with E-state index >= 15 is 0 Å². The van der Waals surface area contributed by atoms with Crippen molar-refractivity contribution >= 4 is 34.8 Å². The number of aryl methyl sites for hydroxylation is 1. The second kappa shape index (κ2) is 9.60. The highest BCUT2D eigenvalue weighted by atomic mass is 127. The second-order valence-corrected chi connectivity index (χ2v) is 11.7. The maximum absolute atomic E-state index is 12.7. The number of hydrogen-bond acceptors (Lipinski definition) is 6. The Morgan fingerprint density at radius 1 is 1.09 bits per heavy atom. The van der Waals surface area contributed by atoms with Crippen LogP contribution < -0.4 is 0 Å². The monoisotopic (exact) mass is 568 g/mol. The third kappa shape index (κ3) is 6.91. The summed E-state index contributed by atoms with van der Waals surface area (Å²) in [6.45, 7) is 12.9. The normalized spacial score (nSPS) is 18.4. The lowest BCUT2D eigenvalue weighted by Gasteiger charge is -2.38. The van der Waals surface area contributed by atoms with Crippen LogP contribution in [0.5, 0.6) is 0 Å². The van der Waals surface area contributed by atoms with Crippen LogP contribution in [0.2, 0.25) is 0 Å². The van der Waals surface area contributed by atoms with Gasteiger partial charge in [0.15, 0.2) is 0 Å². The predicted molar refractivity (Wildman–Crippen MR) is 134 cm³/mol. The summed E-state index contributed by atoms with van der Waals surface area (Å²) in [7, 11) is 0. The van der Waals surface area contributed by atoms with Crippen LogP contribution in [0.1, 0.15) is 66.1 Å². The van der Waals surface area contributed by atoms with E-state index in [1.54, 1.807) is 41.5 Å². The maximum atomic E-state index is 12.7. The molecule has 2 aromatic heterocycles. The highest BCUT2D eigenvalue weighted by Gasteiger charge is 2.38. The van der Waals surface area contributed by atoms with Crippen molar-refractivity contribution in [1.29, 1.82) is 0 Å². The van der Waals surface area contributed by atoms with Crippen LogP contribution >= 0.6 is 22.6 Å². The quantitative estimate of drug-likeness (QED) is 0.422. The van der Waals surface area contributed by atoms with Crippen molar-refractivity contribution in [3.8, 4) is 11.4 Å². The van der Waals surface area contributed by atoms with E-state index in [0.29, 0.717) is 0 Å². The predicted octanol–water partition coefficient (Wildman–Crippen LogP) is 5.98. The molecule has 2 amide bonds. The first-order valence-corrected chi connectivity index (χ1v) is 12.2. The SMILES string of the molecule is Cc1cccc(-c2nn([C@H]3C[C@H](CN(C(=O)OC(C)(C)C)C(=O)OC(C)(C)C)C3)cc2I)n1. The van der Waals surface area contributed by atoms with E-state index in [1.165, 1.54) is 0 Å². The molecule has 180 valence electrons. The molecule has 2 heterocycles. The molecule has 1 saturated carbocycles. The smallest absolute Gasteiger partial charge is 0.419 e. The summed E-state index contributed by atoms with van der Waals surface area (Å²) in [5.41, 5.74) is 1.27. The van der Waals surface area contributed by atoms with Crippen LogP contribution in [0.25, 0.3) is 11.4 Å². The first-order chi connectivity index (χ1) is 15.2. The molecular weight excluding hydrogens is 535 g/mol. The standard InChI is InChI=1S/C24H33IN4O4/c1-15-9-8-10-19(26-15)20-18(25)14-29(27-20)17-11-16(12-17)13-28(21(30)32-23(2,3)4)22(31)33-24(5,6)7/h8-10,14,16-17H,11-13H2,1-7H3/t16-,17-. The fourth-order valence-corrected chi connectivity index (χ4v) is 4.26. The van der Waals surface area contributed by atoms with Gasteiger partial charge >= 0.3 is 12.2 Å². The Morgan fingerprint density at radius 3 is 2.18 bits per heavy atom. The number of pyridine rings is 1. The minimum absolute atomic E-state index is 0.150. The van der Waals surface area contributed by atoms with Gasteiger partial charge in [0, 0.05) is 18.4 Å². The number of carbonyl (C=O) groups is 2. The minimum Gasteiger partial charge on any atom is -0.443 e. The highest BCUT2D eigenvalue weighted by Crippen LogP contribution is 2.39. The van der Waals surface area contributed by atoms with Gasteiger partial charge < -0.3 is 9.47 Å². The average molecular weight is 568 g/mol. The molecule has 0 aliphatic heterocycles. The molecule has 0 atom stereocenters. The lowest BCUT2D eigenvalue weighted by molar-refractivity contribution is -0.00640. The molecule has 9 heteroatoms. The van der Waals surface area contributed by atoms with Crippen molar-refractivity contribution in [1.82, 2.24) is 19.7 Å². The van der Waals surface area contributed by atoms with E-state index in [4.69, 9.17) is 14.6 Å². The van der Waals surface area contributed by atoms with Crippen molar-refractivity contribution in [2.75, 3.05) is 6.54 Å². The molecule has 0 N–H and O–H groups in total. The molecule has 0 radical (unpaired) electrons. The lowest BCUT2D eigenvalue weighted by Crippen LogP contribution is -2.47. The molecule has 0 saturated heterocycles. The fraction of sp³-hybridized carbons (Fsp3) is 0.583. The third-order valence-corrected chi connectivity index (χ3v) is 5.86. The van der Waals surface area contributed by atoms with Crippen LogP contribution in [-0.4, -0.2) is 49.6 Å². The molecule has 0 aromatic carbocycles. The molecule has 0 bridgehead atoms. The number of rotatable bonds is 4. The number of imide groups is 1. The van der Waals surface area contributed by atoms with Crippen molar-refractivity contribution in [2.45, 2.75) is 78.6 Å². The molecule has 33 heavy (non-hydrogen) atoms. The second-order valence-electron chi connectivity index (χ2n) is 10.5. The Morgan fingerprint density at radius 2 is 1.67 bits per heavy atom. The largest absolute Gasteiger partial charge is 0.443 e. The summed E-state index contributed by atoms with van der Waals surface area (Å²) in [5.74, 6) is 0.150. The molecule has 3 rings (SSSR count). The Labute approximate surface area is 209 Å². The van der Waals surface area contributed by atoms with E-state index in [2.05, 4.69) is 27.6 Å². The van der Waals surface area contributed by atoms with Gasteiger partial charge in [0.25, 0.3) is 0 Å². The lowest BCUT2D eigenvalue weighted by atomic mass is 9.80. The average Bonchev–Trinajstić information content (AvgIpc) is 2.98. The van der Waals surface area contributed by atoms with Crippen molar-refractivity contribution < 1.29 is 19.1 Å². The van der Waals surface area contributed by atoms with Gasteiger partial charge in [-0.25, -0.2) is 14.5 Å². The zero-order chi connectivity index (χ0) is 24.6. The third-order valence-electron chi connectivity index (χ3n) is 5.07. The highest BCUT2D eigenvalue weighted by molar-refractivity contribution is 14.1. The van der Waals surface area contributed by atoms with E-state index in [1.807, 2.05) is 36.0 Å². The molecule has 0 spiro atoms. The fourth-order valence-electron chi connectivity index (χ4n) is 3.59. The maximum Gasteiger partial charge on any atom is 0.419 e. The van der Waals surface area contributed by atoms with E-state index in [9.17, 15) is 9.59 Å². The molecule has 1 aliphatic rings. The van der Waals surface area contributed by atoms with Gasteiger partial charge in [0.05, 0.1) is 15.3 Å². The number of ether oxygens (including phenoxy) is 2. The minimum atomic E-state index is -0.703. The Balaban J connectivity index is 1.67. The first kappa shape index (κ1) is 25.5. The summed E-state index contributed by atoms with van der Waals surface area (Å²) >= 11 is 2.28. The molecule has 8 nitrogen and oxygen atoms in total. The molecule has 1 aliphatic carbocycles. The van der Waals surface area contributed by atoms with Crippen LogP contribution in [0.4, 0.5) is 9.59 Å². The molecule has 2 aromatic rings. The van der Waals surface area contributed by atoms with Crippen LogP contribution in [0.3, 0.4) is 0 Å². The number of nitrogens with zero attached hydrogens (tertiary/aromatic N) is 4. The van der Waals surface area contributed by atoms with Crippen molar-refractivity contribution in [2.24, 2.45) is 5.92 Å². The number of hydrogen-bond donors (Lipinski definition) is 0. The summed E-state index contributed by atoms with van der Waals surface area (Å²) < 4.78 is 13.9.